The van der Waals surface area contributed by atoms with Crippen molar-refractivity contribution < 1.29 is 4.79 Å². The normalized spacial score (nSPS) is 10.9. The molecule has 0 unspecified atom stereocenters. The second-order valence-corrected chi connectivity index (χ2v) is 5.60. The second-order valence-electron chi connectivity index (χ2n) is 5.60. The highest BCUT2D eigenvalue weighted by molar-refractivity contribution is 5.91. The minimum Gasteiger partial charge on any atom is -0.326 e. The van der Waals surface area contributed by atoms with Gasteiger partial charge in [0.2, 0.25) is 5.91 Å². The molecule has 118 valence electrons. The molecule has 1 aromatic carbocycles. The average molecular weight is 309 g/mol. The van der Waals surface area contributed by atoms with E-state index in [4.69, 9.17) is 0 Å². The number of hydrogen-bond donors (Lipinski definition) is 1. The van der Waals surface area contributed by atoms with Gasteiger partial charge in [-0.1, -0.05) is 18.2 Å². The number of aryl methyl sites for hydroxylation is 3. The van der Waals surface area contributed by atoms with Crippen LogP contribution in [0.1, 0.15) is 28.9 Å². The van der Waals surface area contributed by atoms with Crippen LogP contribution in [0.5, 0.6) is 0 Å². The molecule has 2 heterocycles. The van der Waals surface area contributed by atoms with Crippen LogP contribution in [0.3, 0.4) is 0 Å². The maximum atomic E-state index is 12.2. The first-order chi connectivity index (χ1) is 11.1. The van der Waals surface area contributed by atoms with E-state index in [1.54, 1.807) is 4.52 Å². The minimum atomic E-state index is -0.00297. The number of benzene rings is 1. The van der Waals surface area contributed by atoms with E-state index in [0.717, 1.165) is 28.2 Å². The van der Waals surface area contributed by atoms with Gasteiger partial charge in [0.1, 0.15) is 6.33 Å². The number of carbonyl (C=O) groups excluding carboxylic acids is 1. The van der Waals surface area contributed by atoms with Gasteiger partial charge in [-0.05, 0) is 44.4 Å². The lowest BCUT2D eigenvalue weighted by atomic mass is 10.1. The highest BCUT2D eigenvalue weighted by atomic mass is 16.1. The van der Waals surface area contributed by atoms with Crippen LogP contribution in [0.25, 0.3) is 5.78 Å². The lowest BCUT2D eigenvalue weighted by Gasteiger charge is -2.11. The van der Waals surface area contributed by atoms with Crippen molar-refractivity contribution in [2.24, 2.45) is 0 Å². The Bertz CT molecular complexity index is 869. The van der Waals surface area contributed by atoms with Gasteiger partial charge in [0, 0.05) is 23.5 Å². The molecule has 6 heteroatoms. The second kappa shape index (κ2) is 6.16. The summed E-state index contributed by atoms with van der Waals surface area (Å²) in [4.78, 5) is 20.7. The Morgan fingerprint density at radius 3 is 2.78 bits per heavy atom. The Balaban J connectivity index is 1.73. The molecule has 0 saturated carbocycles. The molecular weight excluding hydrogens is 290 g/mol. The van der Waals surface area contributed by atoms with Crippen LogP contribution in [-0.2, 0) is 11.2 Å². The van der Waals surface area contributed by atoms with Gasteiger partial charge in [-0.15, -0.1) is 0 Å². The molecule has 0 radical (unpaired) electrons. The van der Waals surface area contributed by atoms with Gasteiger partial charge in [0.25, 0.3) is 5.78 Å². The molecule has 1 N–H and O–H groups in total. The summed E-state index contributed by atoms with van der Waals surface area (Å²) >= 11 is 0. The van der Waals surface area contributed by atoms with Crippen LogP contribution >= 0.6 is 0 Å². The average Bonchev–Trinajstić information content (AvgIpc) is 2.98. The third-order valence-corrected chi connectivity index (χ3v) is 4.01. The number of nitrogens with zero attached hydrogens (tertiary/aromatic N) is 4. The zero-order valence-electron chi connectivity index (χ0n) is 13.5. The van der Waals surface area contributed by atoms with Gasteiger partial charge in [0.15, 0.2) is 0 Å². The number of carbonyl (C=O) groups is 1. The number of anilines is 1. The molecule has 0 bridgehead atoms. The Morgan fingerprint density at radius 1 is 1.22 bits per heavy atom. The third kappa shape index (κ3) is 3.06. The van der Waals surface area contributed by atoms with Gasteiger partial charge in [-0.3, -0.25) is 4.79 Å². The Hall–Kier alpha value is -2.76. The summed E-state index contributed by atoms with van der Waals surface area (Å²) in [5.74, 6) is 0.588. The van der Waals surface area contributed by atoms with Gasteiger partial charge in [-0.25, -0.2) is 9.50 Å². The van der Waals surface area contributed by atoms with Gasteiger partial charge in [-0.2, -0.15) is 10.1 Å². The molecule has 0 atom stereocenters. The fraction of sp³-hybridized carbons (Fsp3) is 0.294. The lowest BCUT2D eigenvalue weighted by Crippen LogP contribution is -2.15. The molecule has 2 aromatic heterocycles. The predicted molar refractivity (Wildman–Crippen MR) is 88.4 cm³/mol. The monoisotopic (exact) mass is 309 g/mol. The van der Waals surface area contributed by atoms with E-state index < -0.39 is 0 Å². The highest BCUT2D eigenvalue weighted by Gasteiger charge is 2.13. The van der Waals surface area contributed by atoms with Gasteiger partial charge < -0.3 is 5.32 Å². The first-order valence-electron chi connectivity index (χ1n) is 7.57. The van der Waals surface area contributed by atoms with Crippen molar-refractivity contribution in [2.75, 3.05) is 5.32 Å². The molecule has 1 amide bonds. The number of amides is 1. The number of hydrogen-bond acceptors (Lipinski definition) is 4. The van der Waals surface area contributed by atoms with Crippen LogP contribution in [0.4, 0.5) is 5.69 Å². The number of rotatable bonds is 4. The quantitative estimate of drug-likeness (QED) is 0.804. The standard InChI is InChI=1S/C17H19N5O/c1-11-6-4-5-7-15(11)21-16(23)9-8-14-12(2)20-17-18-10-19-22(17)13(14)3/h4-7,10H,8-9H2,1-3H3,(H,21,23). The Labute approximate surface area is 134 Å². The van der Waals surface area contributed by atoms with Crippen LogP contribution in [-0.4, -0.2) is 25.5 Å². The van der Waals surface area contributed by atoms with Crippen molar-refractivity contribution in [3.8, 4) is 0 Å². The Kier molecular flexibility index (Phi) is 4.06. The van der Waals surface area contributed by atoms with Crippen molar-refractivity contribution in [1.82, 2.24) is 19.6 Å². The first-order valence-corrected chi connectivity index (χ1v) is 7.57. The van der Waals surface area contributed by atoms with Crippen molar-refractivity contribution in [3.63, 3.8) is 0 Å². The largest absolute Gasteiger partial charge is 0.326 e. The predicted octanol–water partition coefficient (Wildman–Crippen LogP) is 2.62. The van der Waals surface area contributed by atoms with Crippen molar-refractivity contribution in [1.29, 1.82) is 0 Å². The topological polar surface area (TPSA) is 72.2 Å². The molecule has 0 aliphatic heterocycles. The van der Waals surface area contributed by atoms with Crippen LogP contribution in [0.2, 0.25) is 0 Å². The zero-order valence-corrected chi connectivity index (χ0v) is 13.5. The van der Waals surface area contributed by atoms with Gasteiger partial charge in [0.05, 0.1) is 0 Å². The molecule has 3 aromatic rings. The molecule has 23 heavy (non-hydrogen) atoms. The molecule has 0 aliphatic carbocycles. The van der Waals surface area contributed by atoms with E-state index in [1.807, 2.05) is 45.0 Å². The van der Waals surface area contributed by atoms with E-state index in [-0.39, 0.29) is 5.91 Å². The third-order valence-electron chi connectivity index (χ3n) is 4.01. The molecule has 0 fully saturated rings. The SMILES string of the molecule is Cc1ccccc1NC(=O)CCc1c(C)nc2ncnn2c1C. The molecule has 0 aliphatic rings. The summed E-state index contributed by atoms with van der Waals surface area (Å²) in [7, 11) is 0. The minimum absolute atomic E-state index is 0.00297. The maximum Gasteiger partial charge on any atom is 0.252 e. The van der Waals surface area contributed by atoms with Crippen LogP contribution < -0.4 is 5.32 Å². The van der Waals surface area contributed by atoms with E-state index >= 15 is 0 Å². The number of para-hydroxylation sites is 1. The summed E-state index contributed by atoms with van der Waals surface area (Å²) in [5.41, 5.74) is 4.83. The number of fused-ring (bicyclic) bond motifs is 1. The highest BCUT2D eigenvalue weighted by Crippen LogP contribution is 2.17. The zero-order chi connectivity index (χ0) is 16.4. The molecule has 6 nitrogen and oxygen atoms in total. The molecule has 0 spiro atoms. The van der Waals surface area contributed by atoms with E-state index in [1.165, 1.54) is 6.33 Å². The summed E-state index contributed by atoms with van der Waals surface area (Å²) < 4.78 is 1.71. The fourth-order valence-electron chi connectivity index (χ4n) is 2.68. The molecule has 3 rings (SSSR count). The van der Waals surface area contributed by atoms with Crippen LogP contribution in [0, 0.1) is 20.8 Å². The number of aromatic nitrogens is 4. The molecule has 0 saturated heterocycles. The van der Waals surface area contributed by atoms with Crippen LogP contribution in [0.15, 0.2) is 30.6 Å². The summed E-state index contributed by atoms with van der Waals surface area (Å²) in [5, 5.41) is 7.13. The summed E-state index contributed by atoms with van der Waals surface area (Å²) in [6.07, 6.45) is 2.51. The smallest absolute Gasteiger partial charge is 0.252 e. The van der Waals surface area contributed by atoms with E-state index in [9.17, 15) is 4.79 Å². The van der Waals surface area contributed by atoms with Crippen molar-refractivity contribution in [2.45, 2.75) is 33.6 Å². The van der Waals surface area contributed by atoms with E-state index in [2.05, 4.69) is 20.4 Å². The maximum absolute atomic E-state index is 12.2. The summed E-state index contributed by atoms with van der Waals surface area (Å²) in [6.45, 7) is 5.90. The summed E-state index contributed by atoms with van der Waals surface area (Å²) in [6, 6.07) is 7.76. The fourth-order valence-corrected chi connectivity index (χ4v) is 2.68. The Morgan fingerprint density at radius 2 is 2.00 bits per heavy atom. The van der Waals surface area contributed by atoms with Crippen molar-refractivity contribution in [3.05, 3.63) is 53.1 Å². The van der Waals surface area contributed by atoms with Gasteiger partial charge >= 0.3 is 0 Å². The number of nitrogens with one attached hydrogen (secondary N) is 1. The van der Waals surface area contributed by atoms with Crippen molar-refractivity contribution >= 4 is 17.4 Å². The lowest BCUT2D eigenvalue weighted by molar-refractivity contribution is -0.116. The van der Waals surface area contributed by atoms with E-state index in [0.29, 0.717) is 18.6 Å². The molecular formula is C17H19N5O. The first kappa shape index (κ1) is 15.1.